The van der Waals surface area contributed by atoms with Gasteiger partial charge in [-0.2, -0.15) is 5.26 Å². The Bertz CT molecular complexity index is 230. The molecule has 0 saturated heterocycles. The van der Waals surface area contributed by atoms with Gasteiger partial charge in [0.05, 0.1) is 6.07 Å². The van der Waals surface area contributed by atoms with Crippen molar-refractivity contribution in [1.29, 1.82) is 5.26 Å². The van der Waals surface area contributed by atoms with Gasteiger partial charge in [-0.1, -0.05) is 6.92 Å². The van der Waals surface area contributed by atoms with Crippen molar-refractivity contribution in [2.75, 3.05) is 40.3 Å². The molecule has 0 aromatic heterocycles. The molecule has 4 heteroatoms. The third-order valence-electron chi connectivity index (χ3n) is 2.83. The topological polar surface area (TPSA) is 56.3 Å². The molecule has 1 atom stereocenters. The molecular weight excluding hydrogens is 212 g/mol. The van der Waals surface area contributed by atoms with E-state index in [1.165, 1.54) is 6.42 Å². The second-order valence-electron chi connectivity index (χ2n) is 5.28. The summed E-state index contributed by atoms with van der Waals surface area (Å²) in [7, 11) is 4.19. The molecule has 4 nitrogen and oxygen atoms in total. The predicted octanol–water partition coefficient (Wildman–Crippen LogP) is 1.28. The third-order valence-corrected chi connectivity index (χ3v) is 2.83. The Hall–Kier alpha value is -0.630. The number of hydrogen-bond acceptors (Lipinski definition) is 4. The van der Waals surface area contributed by atoms with E-state index in [4.69, 9.17) is 11.0 Å². The molecule has 0 bridgehead atoms. The Morgan fingerprint density at radius 3 is 2.29 bits per heavy atom. The molecule has 0 aromatic rings. The fraction of sp³-hybridized carbons (Fsp3) is 0.923. The Labute approximate surface area is 106 Å². The summed E-state index contributed by atoms with van der Waals surface area (Å²) in [5.74, 6) is 0. The number of nitrogens with two attached hydrogens (primary N) is 1. The maximum atomic E-state index is 8.84. The Morgan fingerprint density at radius 2 is 1.82 bits per heavy atom. The van der Waals surface area contributed by atoms with Crippen LogP contribution in [0, 0.1) is 11.3 Å². The van der Waals surface area contributed by atoms with E-state index in [0.717, 1.165) is 39.0 Å². The van der Waals surface area contributed by atoms with Gasteiger partial charge in [-0.25, -0.2) is 0 Å². The summed E-state index contributed by atoms with van der Waals surface area (Å²) in [6.07, 6.45) is 2.94. The highest BCUT2D eigenvalue weighted by atomic mass is 15.2. The Morgan fingerprint density at radius 1 is 1.18 bits per heavy atom. The number of nitrogens with zero attached hydrogens (tertiary/aromatic N) is 3. The summed E-state index contributed by atoms with van der Waals surface area (Å²) < 4.78 is 0. The molecule has 1 unspecified atom stereocenters. The lowest BCUT2D eigenvalue weighted by molar-refractivity contribution is 0.233. The first-order valence-corrected chi connectivity index (χ1v) is 6.48. The van der Waals surface area contributed by atoms with E-state index in [2.05, 4.69) is 36.9 Å². The van der Waals surface area contributed by atoms with Crippen LogP contribution in [0.25, 0.3) is 0 Å². The fourth-order valence-corrected chi connectivity index (χ4v) is 1.72. The van der Waals surface area contributed by atoms with E-state index >= 15 is 0 Å². The van der Waals surface area contributed by atoms with E-state index in [-0.39, 0.29) is 0 Å². The van der Waals surface area contributed by atoms with Gasteiger partial charge in [0.25, 0.3) is 0 Å². The van der Waals surface area contributed by atoms with Crippen LogP contribution >= 0.6 is 0 Å². The van der Waals surface area contributed by atoms with Gasteiger partial charge in [0.1, 0.15) is 5.54 Å². The molecule has 17 heavy (non-hydrogen) atoms. The minimum Gasteiger partial charge on any atom is -0.314 e. The maximum Gasteiger partial charge on any atom is 0.101 e. The number of hydrogen-bond donors (Lipinski definition) is 1. The van der Waals surface area contributed by atoms with Crippen molar-refractivity contribution in [3.63, 3.8) is 0 Å². The predicted molar refractivity (Wildman–Crippen MR) is 72.7 cm³/mol. The normalized spacial score (nSPS) is 14.9. The van der Waals surface area contributed by atoms with Crippen molar-refractivity contribution >= 4 is 0 Å². The lowest BCUT2D eigenvalue weighted by Gasteiger charge is -2.24. The second-order valence-corrected chi connectivity index (χ2v) is 5.28. The van der Waals surface area contributed by atoms with Crippen LogP contribution in [0.4, 0.5) is 0 Å². The minimum atomic E-state index is -0.667. The van der Waals surface area contributed by atoms with E-state index in [1.807, 2.05) is 0 Å². The minimum absolute atomic E-state index is 0.667. The zero-order valence-electron chi connectivity index (χ0n) is 11.9. The Balaban J connectivity index is 3.89. The highest BCUT2D eigenvalue weighted by Gasteiger charge is 2.16. The van der Waals surface area contributed by atoms with Crippen molar-refractivity contribution in [3.8, 4) is 6.07 Å². The monoisotopic (exact) mass is 240 g/mol. The zero-order chi connectivity index (χ0) is 13.3. The van der Waals surface area contributed by atoms with Gasteiger partial charge < -0.3 is 15.5 Å². The van der Waals surface area contributed by atoms with Gasteiger partial charge in [-0.15, -0.1) is 0 Å². The number of likely N-dealkylation sites (N-methyl/N-ethyl adjacent to an activating group) is 1. The summed E-state index contributed by atoms with van der Waals surface area (Å²) in [4.78, 5) is 4.65. The standard InChI is InChI=1S/C13H28N4/c1-5-8-17(11-10-16(3)4)9-6-7-13(2,15)12-14/h5-11,15H2,1-4H3. The van der Waals surface area contributed by atoms with Gasteiger partial charge in [0.2, 0.25) is 0 Å². The van der Waals surface area contributed by atoms with Crippen LogP contribution in [-0.4, -0.2) is 55.6 Å². The van der Waals surface area contributed by atoms with E-state index in [0.29, 0.717) is 0 Å². The molecule has 0 aliphatic carbocycles. The van der Waals surface area contributed by atoms with Crippen LogP contribution in [0.15, 0.2) is 0 Å². The van der Waals surface area contributed by atoms with Crippen molar-refractivity contribution < 1.29 is 0 Å². The van der Waals surface area contributed by atoms with Crippen molar-refractivity contribution in [3.05, 3.63) is 0 Å². The van der Waals surface area contributed by atoms with Crippen LogP contribution < -0.4 is 5.73 Å². The third kappa shape index (κ3) is 9.11. The average Bonchev–Trinajstić information content (AvgIpc) is 2.25. The van der Waals surface area contributed by atoms with Crippen LogP contribution in [0.1, 0.15) is 33.1 Å². The average molecular weight is 240 g/mol. The molecule has 2 N–H and O–H groups in total. The van der Waals surface area contributed by atoms with Gasteiger partial charge in [-0.05, 0) is 53.4 Å². The van der Waals surface area contributed by atoms with Crippen LogP contribution in [0.3, 0.4) is 0 Å². The Kier molecular flexibility index (Phi) is 8.15. The molecule has 0 aliphatic heterocycles. The first kappa shape index (κ1) is 16.4. The number of rotatable bonds is 9. The molecule has 0 aliphatic rings. The molecule has 0 rings (SSSR count). The molecule has 0 heterocycles. The summed E-state index contributed by atoms with van der Waals surface area (Å²) in [5, 5.41) is 8.84. The molecule has 0 saturated carbocycles. The van der Waals surface area contributed by atoms with Gasteiger partial charge >= 0.3 is 0 Å². The highest BCUT2D eigenvalue weighted by molar-refractivity contribution is 5.00. The summed E-state index contributed by atoms with van der Waals surface area (Å²) in [6, 6.07) is 2.15. The molecule has 0 radical (unpaired) electrons. The van der Waals surface area contributed by atoms with Gasteiger partial charge in [0, 0.05) is 13.1 Å². The summed E-state index contributed by atoms with van der Waals surface area (Å²) in [5.41, 5.74) is 5.14. The SMILES string of the molecule is CCCN(CCCC(C)(N)C#N)CCN(C)C. The first-order valence-electron chi connectivity index (χ1n) is 6.48. The van der Waals surface area contributed by atoms with Crippen molar-refractivity contribution in [1.82, 2.24) is 9.80 Å². The molecule has 100 valence electrons. The van der Waals surface area contributed by atoms with E-state index in [1.54, 1.807) is 6.92 Å². The molecule has 0 amide bonds. The zero-order valence-corrected chi connectivity index (χ0v) is 11.9. The van der Waals surface area contributed by atoms with Crippen molar-refractivity contribution in [2.45, 2.75) is 38.6 Å². The highest BCUT2D eigenvalue weighted by Crippen LogP contribution is 2.08. The van der Waals surface area contributed by atoms with E-state index in [9.17, 15) is 0 Å². The fourth-order valence-electron chi connectivity index (χ4n) is 1.72. The van der Waals surface area contributed by atoms with Crippen LogP contribution in [0.2, 0.25) is 0 Å². The van der Waals surface area contributed by atoms with Crippen LogP contribution in [-0.2, 0) is 0 Å². The summed E-state index contributed by atoms with van der Waals surface area (Å²) in [6.45, 7) is 8.34. The van der Waals surface area contributed by atoms with Crippen LogP contribution in [0.5, 0.6) is 0 Å². The maximum absolute atomic E-state index is 8.84. The number of nitriles is 1. The lowest BCUT2D eigenvalue weighted by atomic mass is 9.99. The van der Waals surface area contributed by atoms with E-state index < -0.39 is 5.54 Å². The van der Waals surface area contributed by atoms with Crippen molar-refractivity contribution in [2.24, 2.45) is 5.73 Å². The van der Waals surface area contributed by atoms with Gasteiger partial charge in [0.15, 0.2) is 0 Å². The molecule has 0 fully saturated rings. The molecule has 0 spiro atoms. The smallest absolute Gasteiger partial charge is 0.101 e. The van der Waals surface area contributed by atoms with Gasteiger partial charge in [-0.3, -0.25) is 0 Å². The first-order chi connectivity index (χ1) is 7.91. The quantitative estimate of drug-likeness (QED) is 0.659. The largest absolute Gasteiger partial charge is 0.314 e. The molecule has 0 aromatic carbocycles. The molecular formula is C13H28N4. The second kappa shape index (κ2) is 8.46. The summed E-state index contributed by atoms with van der Waals surface area (Å²) >= 11 is 0. The lowest BCUT2D eigenvalue weighted by Crippen LogP contribution is -2.37.